The van der Waals surface area contributed by atoms with Crippen molar-refractivity contribution in [2.75, 3.05) is 29.9 Å². The number of nitrogens with one attached hydrogen (secondary N) is 7. The molecule has 1 aromatic heterocycles. The number of carboxylic acids is 2. The van der Waals surface area contributed by atoms with E-state index in [2.05, 4.69) is 37.2 Å². The van der Waals surface area contributed by atoms with Crippen molar-refractivity contribution in [1.82, 2.24) is 36.9 Å². The van der Waals surface area contributed by atoms with Gasteiger partial charge in [0.15, 0.2) is 0 Å². The zero-order valence-corrected chi connectivity index (χ0v) is 37.7. The maximum absolute atomic E-state index is 14.0. The number of carbonyl (C=O) groups is 9. The molecule has 21 nitrogen and oxygen atoms in total. The molecule has 66 heavy (non-hydrogen) atoms. The highest BCUT2D eigenvalue weighted by molar-refractivity contribution is 8.00. The lowest BCUT2D eigenvalue weighted by molar-refractivity contribution is -0.143. The number of nitrogens with zero attached hydrogens (tertiary/aromatic N) is 1. The van der Waals surface area contributed by atoms with Crippen molar-refractivity contribution in [2.24, 2.45) is 17.4 Å². The van der Waals surface area contributed by atoms with E-state index in [-0.39, 0.29) is 30.9 Å². The lowest BCUT2D eigenvalue weighted by Gasteiger charge is -2.29. The van der Waals surface area contributed by atoms with Crippen LogP contribution in [-0.2, 0) is 43.2 Å². The van der Waals surface area contributed by atoms with E-state index in [4.69, 9.17) is 16.5 Å². The number of primary amides is 1. The smallest absolute Gasteiger partial charge is 0.305 e. The van der Waals surface area contributed by atoms with E-state index < -0.39 is 108 Å². The fourth-order valence-corrected chi connectivity index (χ4v) is 8.11. The number of aliphatic carboxylic acids is 2. The number of pyridine rings is 1. The van der Waals surface area contributed by atoms with Crippen molar-refractivity contribution in [3.63, 3.8) is 0 Å². The number of unbranched alkanes of at least 4 members (excludes halogenated alkanes) is 2. The lowest BCUT2D eigenvalue weighted by Crippen LogP contribution is -2.61. The van der Waals surface area contributed by atoms with Gasteiger partial charge in [0, 0.05) is 23.1 Å². The zero-order chi connectivity index (χ0) is 48.3. The van der Waals surface area contributed by atoms with Crippen molar-refractivity contribution < 1.29 is 53.4 Å². The molecule has 0 spiro atoms. The van der Waals surface area contributed by atoms with Crippen LogP contribution in [0.2, 0.25) is 0 Å². The van der Waals surface area contributed by atoms with Gasteiger partial charge in [0.1, 0.15) is 36.3 Å². The van der Waals surface area contributed by atoms with Gasteiger partial charge in [0.25, 0.3) is 0 Å². The molecule has 0 unspecified atom stereocenters. The molecule has 358 valence electrons. The molecular weight excluding hydrogens is 877 g/mol. The van der Waals surface area contributed by atoms with E-state index in [1.54, 1.807) is 13.8 Å². The number of hydrogen-bond donors (Lipinski definition) is 11. The predicted molar refractivity (Wildman–Crippen MR) is 247 cm³/mol. The summed E-state index contributed by atoms with van der Waals surface area (Å²) in [6.45, 7) is 4.09. The summed E-state index contributed by atoms with van der Waals surface area (Å²) in [6, 6.07) is 6.57. The third kappa shape index (κ3) is 15.6. The van der Waals surface area contributed by atoms with Gasteiger partial charge in [-0.2, -0.15) is 0 Å². The Morgan fingerprint density at radius 1 is 0.773 bits per heavy atom. The third-order valence-corrected chi connectivity index (χ3v) is 12.1. The van der Waals surface area contributed by atoms with E-state index in [9.17, 15) is 53.4 Å². The molecule has 0 radical (unpaired) electrons. The number of nitrogens with two attached hydrogens (primary N) is 2. The van der Waals surface area contributed by atoms with Gasteiger partial charge >= 0.3 is 11.9 Å². The van der Waals surface area contributed by atoms with E-state index >= 15 is 0 Å². The molecule has 2 heterocycles. The molecule has 7 atom stereocenters. The van der Waals surface area contributed by atoms with Crippen molar-refractivity contribution in [1.29, 1.82) is 0 Å². The molecule has 0 aliphatic carbocycles. The number of carboxylic acid groups (broad SMARTS) is 2. The molecule has 1 aliphatic rings. The minimum atomic E-state index is -1.86. The van der Waals surface area contributed by atoms with Gasteiger partial charge < -0.3 is 58.9 Å². The number of thioether (sulfide) groups is 1. The monoisotopic (exact) mass is 936 g/mol. The SMILES string of the molecule is CC[C@H](C)[C@@H]1NC(=O)[C@H](CC(=O)O)NC(=O)[C@H](CC(=O)O)NC(=O)[C@H](CCCCN)NC(=O)CSC[C@@H](C(=O)N[C@@H](CCCCNc2c3ccccc3nc3ccccc23)C(N)=O)NC1=O. The topological polar surface area (TPSA) is 343 Å². The highest BCUT2D eigenvalue weighted by atomic mass is 32.2. The lowest BCUT2D eigenvalue weighted by atomic mass is 9.97. The van der Waals surface area contributed by atoms with Crippen LogP contribution in [0.4, 0.5) is 5.69 Å². The Balaban J connectivity index is 1.55. The summed E-state index contributed by atoms with van der Waals surface area (Å²) in [6.07, 6.45) is 0.327. The van der Waals surface area contributed by atoms with Gasteiger partial charge in [-0.25, -0.2) is 4.98 Å². The van der Waals surface area contributed by atoms with Crippen molar-refractivity contribution >= 4 is 92.5 Å². The average molecular weight is 937 g/mol. The van der Waals surface area contributed by atoms with Gasteiger partial charge in [0.2, 0.25) is 41.4 Å². The molecule has 1 saturated heterocycles. The minimum absolute atomic E-state index is 0.0328. The number of carbonyl (C=O) groups excluding carboxylic acids is 7. The average Bonchev–Trinajstić information content (AvgIpc) is 3.27. The van der Waals surface area contributed by atoms with Crippen LogP contribution in [0.25, 0.3) is 21.8 Å². The number of aromatic nitrogens is 1. The molecule has 13 N–H and O–H groups in total. The first-order valence-electron chi connectivity index (χ1n) is 21.9. The quantitative estimate of drug-likeness (QED) is 0.0567. The number of amides is 7. The Morgan fingerprint density at radius 2 is 1.35 bits per heavy atom. The molecule has 4 rings (SSSR count). The summed E-state index contributed by atoms with van der Waals surface area (Å²) < 4.78 is 0. The van der Waals surface area contributed by atoms with Gasteiger partial charge in [-0.1, -0.05) is 56.7 Å². The molecule has 0 bridgehead atoms. The number of para-hydroxylation sites is 2. The number of anilines is 1. The van der Waals surface area contributed by atoms with Crippen LogP contribution in [0.5, 0.6) is 0 Å². The second-order valence-electron chi connectivity index (χ2n) is 16.1. The van der Waals surface area contributed by atoms with E-state index in [0.717, 1.165) is 39.3 Å². The Kier molecular flexibility index (Phi) is 20.4. The number of benzene rings is 2. The molecule has 22 heteroatoms. The Bertz CT molecular complexity index is 2190. The van der Waals surface area contributed by atoms with E-state index in [1.165, 1.54) is 0 Å². The number of hydrogen-bond acceptors (Lipinski definition) is 13. The predicted octanol–water partition coefficient (Wildman–Crippen LogP) is 0.236. The van der Waals surface area contributed by atoms with Gasteiger partial charge in [-0.3, -0.25) is 43.2 Å². The Morgan fingerprint density at radius 3 is 1.91 bits per heavy atom. The fraction of sp³-hybridized carbons (Fsp3) is 0.500. The van der Waals surface area contributed by atoms with E-state index in [0.29, 0.717) is 38.6 Å². The van der Waals surface area contributed by atoms with Crippen molar-refractivity contribution in [3.05, 3.63) is 48.5 Å². The molecule has 1 aliphatic heterocycles. The van der Waals surface area contributed by atoms with Crippen LogP contribution in [-0.4, -0.2) is 129 Å². The molecule has 1 fully saturated rings. The third-order valence-electron chi connectivity index (χ3n) is 11.0. The van der Waals surface area contributed by atoms with Crippen LogP contribution < -0.4 is 48.7 Å². The first-order valence-corrected chi connectivity index (χ1v) is 23.0. The second kappa shape index (κ2) is 25.8. The van der Waals surface area contributed by atoms with Gasteiger partial charge in [-0.05, 0) is 63.1 Å². The van der Waals surface area contributed by atoms with Gasteiger partial charge in [-0.15, -0.1) is 11.8 Å². The van der Waals surface area contributed by atoms with Gasteiger partial charge in [0.05, 0.1) is 35.3 Å². The summed E-state index contributed by atoms with van der Waals surface area (Å²) in [4.78, 5) is 123. The van der Waals surface area contributed by atoms with Crippen LogP contribution in [0, 0.1) is 5.92 Å². The normalized spacial score (nSPS) is 21.1. The highest BCUT2D eigenvalue weighted by Gasteiger charge is 2.36. The summed E-state index contributed by atoms with van der Waals surface area (Å²) in [5.74, 6) is -10.7. The molecule has 3 aromatic rings. The van der Waals surface area contributed by atoms with Crippen LogP contribution >= 0.6 is 11.8 Å². The van der Waals surface area contributed by atoms with Crippen LogP contribution in [0.3, 0.4) is 0 Å². The summed E-state index contributed by atoms with van der Waals surface area (Å²) in [5, 5.41) is 39.3. The fourth-order valence-electron chi connectivity index (χ4n) is 7.25. The summed E-state index contributed by atoms with van der Waals surface area (Å²) >= 11 is 0.904. The molecular formula is C44H60N10O11S. The van der Waals surface area contributed by atoms with Crippen LogP contribution in [0.1, 0.15) is 71.6 Å². The standard InChI is InChI=1S/C44H60N10O11S/c1-3-24(2)37-44(65)53-33(43(64)50-29(39(46)60)16-9-11-19-47-38-25-12-4-6-14-27(25)48-28-15-7-5-13-26(28)38)22-66-23-34(55)49-30(17-8-10-18-45)40(61)51-31(20-35(56)57)41(62)52-32(21-36(58)59)42(63)54-37/h4-7,12-15,24,29-33,37H,3,8-11,16-23,45H2,1-2H3,(H2,46,60)(H,47,48)(H,49,55)(H,50,64)(H,51,61)(H,52,62)(H,53,65)(H,54,63)(H,56,57)(H,58,59)/t24-,29-,30-,31-,32-,33-,37-/m0/s1. The molecule has 7 amide bonds. The number of fused-ring (bicyclic) bond motifs is 2. The Labute approximate surface area is 385 Å². The maximum atomic E-state index is 14.0. The van der Waals surface area contributed by atoms with Crippen LogP contribution in [0.15, 0.2) is 48.5 Å². The largest absolute Gasteiger partial charge is 0.481 e. The number of rotatable bonds is 19. The first kappa shape index (κ1) is 52.1. The van der Waals surface area contributed by atoms with Crippen molar-refractivity contribution in [2.45, 2.75) is 108 Å². The first-order chi connectivity index (χ1) is 31.5. The minimum Gasteiger partial charge on any atom is -0.481 e. The molecule has 2 aromatic carbocycles. The Hall–Kier alpha value is -6.55. The summed E-state index contributed by atoms with van der Waals surface area (Å²) in [7, 11) is 0. The second-order valence-corrected chi connectivity index (χ2v) is 17.1. The van der Waals surface area contributed by atoms with Crippen molar-refractivity contribution in [3.8, 4) is 0 Å². The molecule has 0 saturated carbocycles. The maximum Gasteiger partial charge on any atom is 0.305 e. The summed E-state index contributed by atoms with van der Waals surface area (Å²) in [5.41, 5.74) is 13.9. The van der Waals surface area contributed by atoms with E-state index in [1.807, 2.05) is 48.5 Å². The highest BCUT2D eigenvalue weighted by Crippen LogP contribution is 2.30. The zero-order valence-electron chi connectivity index (χ0n) is 36.9.